The molecule has 0 spiro atoms. The van der Waals surface area contributed by atoms with E-state index in [-0.39, 0.29) is 22.4 Å². The van der Waals surface area contributed by atoms with E-state index in [0.717, 1.165) is 30.2 Å². The molecule has 7 heteroatoms. The fraction of sp³-hybridized carbons (Fsp3) is 0.538. The van der Waals surface area contributed by atoms with E-state index in [2.05, 4.69) is 20.7 Å². The normalized spacial score (nSPS) is 23.8. The molecule has 4 nitrogen and oxygen atoms in total. The summed E-state index contributed by atoms with van der Waals surface area (Å²) < 4.78 is 27.7. The van der Waals surface area contributed by atoms with Crippen LogP contribution in [0.3, 0.4) is 0 Å². The van der Waals surface area contributed by atoms with Crippen molar-refractivity contribution < 1.29 is 13.5 Å². The van der Waals surface area contributed by atoms with Crippen molar-refractivity contribution in [3.05, 3.63) is 27.7 Å². The van der Waals surface area contributed by atoms with Crippen LogP contribution in [0.4, 0.5) is 0 Å². The summed E-state index contributed by atoms with van der Waals surface area (Å²) >= 11 is 9.21. The van der Waals surface area contributed by atoms with Crippen LogP contribution in [0, 0.1) is 5.92 Å². The minimum Gasteiger partial charge on any atom is -0.393 e. The maximum absolute atomic E-state index is 12.2. The number of sulfonamides is 1. The van der Waals surface area contributed by atoms with Gasteiger partial charge in [0.1, 0.15) is 4.90 Å². The molecule has 0 aliphatic heterocycles. The van der Waals surface area contributed by atoms with Gasteiger partial charge in [0.05, 0.1) is 11.1 Å². The third kappa shape index (κ3) is 3.95. The highest BCUT2D eigenvalue weighted by molar-refractivity contribution is 9.10. The average molecular weight is 383 g/mol. The number of aliphatic hydroxyl groups is 1. The molecule has 1 fully saturated rings. The summed E-state index contributed by atoms with van der Waals surface area (Å²) in [6.07, 6.45) is 3.20. The zero-order valence-electron chi connectivity index (χ0n) is 10.9. The lowest BCUT2D eigenvalue weighted by Gasteiger charge is -2.27. The Labute approximate surface area is 132 Å². The molecule has 1 saturated carbocycles. The third-order valence-electron chi connectivity index (χ3n) is 3.59. The summed E-state index contributed by atoms with van der Waals surface area (Å²) in [5.74, 6) is -0.0206. The van der Waals surface area contributed by atoms with Crippen LogP contribution >= 0.6 is 27.5 Å². The second-order valence-electron chi connectivity index (χ2n) is 5.04. The molecule has 1 aromatic carbocycles. The molecule has 2 rings (SSSR count). The monoisotopic (exact) mass is 381 g/mol. The smallest absolute Gasteiger partial charge is 0.242 e. The van der Waals surface area contributed by atoms with E-state index in [0.29, 0.717) is 0 Å². The number of hydrogen-bond acceptors (Lipinski definition) is 3. The summed E-state index contributed by atoms with van der Waals surface area (Å²) in [5.41, 5.74) is 0. The highest BCUT2D eigenvalue weighted by atomic mass is 79.9. The van der Waals surface area contributed by atoms with E-state index in [9.17, 15) is 13.5 Å². The molecule has 0 heterocycles. The molecule has 0 bridgehead atoms. The van der Waals surface area contributed by atoms with Gasteiger partial charge in [-0.2, -0.15) is 0 Å². The van der Waals surface area contributed by atoms with Gasteiger partial charge in [0, 0.05) is 11.0 Å². The first kappa shape index (κ1) is 16.2. The molecule has 1 aliphatic rings. The van der Waals surface area contributed by atoms with Gasteiger partial charge < -0.3 is 5.11 Å². The Bertz CT molecular complexity index is 579. The number of hydrogen-bond donors (Lipinski definition) is 2. The van der Waals surface area contributed by atoms with Crippen molar-refractivity contribution in [2.45, 2.75) is 36.7 Å². The molecule has 1 aliphatic carbocycles. The molecule has 2 atom stereocenters. The zero-order valence-corrected chi connectivity index (χ0v) is 14.0. The maximum Gasteiger partial charge on any atom is 0.242 e. The molecule has 0 radical (unpaired) electrons. The van der Waals surface area contributed by atoms with Crippen LogP contribution in [0.1, 0.15) is 25.7 Å². The molecule has 2 N–H and O–H groups in total. The Morgan fingerprint density at radius 3 is 2.70 bits per heavy atom. The predicted octanol–water partition coefficient (Wildman–Crippen LogP) is 2.93. The predicted molar refractivity (Wildman–Crippen MR) is 82.3 cm³/mol. The van der Waals surface area contributed by atoms with Gasteiger partial charge in [0.15, 0.2) is 0 Å². The minimum absolute atomic E-state index is 0.0206. The Morgan fingerprint density at radius 1 is 1.35 bits per heavy atom. The van der Waals surface area contributed by atoms with Crippen molar-refractivity contribution in [3.8, 4) is 0 Å². The van der Waals surface area contributed by atoms with Crippen LogP contribution < -0.4 is 4.72 Å². The molecule has 0 aromatic heterocycles. The van der Waals surface area contributed by atoms with Gasteiger partial charge in [-0.25, -0.2) is 13.1 Å². The fourth-order valence-corrected chi connectivity index (χ4v) is 4.54. The van der Waals surface area contributed by atoms with Crippen molar-refractivity contribution >= 4 is 37.6 Å². The lowest BCUT2D eigenvalue weighted by Crippen LogP contribution is -2.36. The SMILES string of the molecule is O=S(=O)(NCC1CCCCC1O)c1ccc(Br)cc1Cl. The topological polar surface area (TPSA) is 66.4 Å². The molecular weight excluding hydrogens is 366 g/mol. The third-order valence-corrected chi connectivity index (χ3v) is 5.99. The van der Waals surface area contributed by atoms with Crippen LogP contribution in [0.25, 0.3) is 0 Å². The van der Waals surface area contributed by atoms with Crippen LogP contribution in [0.2, 0.25) is 5.02 Å². The lowest BCUT2D eigenvalue weighted by atomic mass is 9.87. The Morgan fingerprint density at radius 2 is 2.05 bits per heavy atom. The average Bonchev–Trinajstić information content (AvgIpc) is 2.37. The van der Waals surface area contributed by atoms with Gasteiger partial charge in [0.25, 0.3) is 0 Å². The highest BCUT2D eigenvalue weighted by Crippen LogP contribution is 2.27. The zero-order chi connectivity index (χ0) is 14.8. The molecule has 0 saturated heterocycles. The Hall–Kier alpha value is -0.140. The summed E-state index contributed by atoms with van der Waals surface area (Å²) in [4.78, 5) is 0.0627. The summed E-state index contributed by atoms with van der Waals surface area (Å²) in [6, 6.07) is 4.65. The number of rotatable bonds is 4. The fourth-order valence-electron chi connectivity index (χ4n) is 2.41. The van der Waals surface area contributed by atoms with Crippen molar-refractivity contribution in [1.82, 2.24) is 4.72 Å². The quantitative estimate of drug-likeness (QED) is 0.841. The molecular formula is C13H17BrClNO3S. The van der Waals surface area contributed by atoms with Crippen molar-refractivity contribution in [2.75, 3.05) is 6.54 Å². The molecule has 2 unspecified atom stereocenters. The summed E-state index contributed by atoms with van der Waals surface area (Å²) in [6.45, 7) is 0.246. The Kier molecular flexibility index (Phi) is 5.48. The molecule has 1 aromatic rings. The van der Waals surface area contributed by atoms with E-state index >= 15 is 0 Å². The van der Waals surface area contributed by atoms with E-state index in [1.54, 1.807) is 12.1 Å². The van der Waals surface area contributed by atoms with E-state index < -0.39 is 16.1 Å². The van der Waals surface area contributed by atoms with Crippen molar-refractivity contribution in [1.29, 1.82) is 0 Å². The maximum atomic E-state index is 12.2. The van der Waals surface area contributed by atoms with E-state index in [1.807, 2.05) is 0 Å². The molecule has 0 amide bonds. The van der Waals surface area contributed by atoms with Crippen molar-refractivity contribution in [3.63, 3.8) is 0 Å². The second kappa shape index (κ2) is 6.75. The van der Waals surface area contributed by atoms with E-state index in [4.69, 9.17) is 11.6 Å². The van der Waals surface area contributed by atoms with Crippen LogP contribution in [-0.4, -0.2) is 26.2 Å². The number of halogens is 2. The van der Waals surface area contributed by atoms with Gasteiger partial charge in [-0.05, 0) is 37.0 Å². The van der Waals surface area contributed by atoms with Crippen LogP contribution in [-0.2, 0) is 10.0 Å². The van der Waals surface area contributed by atoms with E-state index in [1.165, 1.54) is 6.07 Å². The first-order chi connectivity index (χ1) is 9.40. The van der Waals surface area contributed by atoms with Gasteiger partial charge >= 0.3 is 0 Å². The van der Waals surface area contributed by atoms with Gasteiger partial charge in [-0.15, -0.1) is 0 Å². The lowest BCUT2D eigenvalue weighted by molar-refractivity contribution is 0.0724. The largest absolute Gasteiger partial charge is 0.393 e. The highest BCUT2D eigenvalue weighted by Gasteiger charge is 2.26. The second-order valence-corrected chi connectivity index (χ2v) is 8.10. The summed E-state index contributed by atoms with van der Waals surface area (Å²) in [5, 5.41) is 10.0. The van der Waals surface area contributed by atoms with Gasteiger partial charge in [-0.1, -0.05) is 40.4 Å². The Balaban J connectivity index is 2.07. The molecule has 20 heavy (non-hydrogen) atoms. The van der Waals surface area contributed by atoms with Crippen LogP contribution in [0.5, 0.6) is 0 Å². The number of aliphatic hydroxyl groups excluding tert-OH is 1. The van der Waals surface area contributed by atoms with Gasteiger partial charge in [0.2, 0.25) is 10.0 Å². The standard InChI is InChI=1S/C13H17BrClNO3S/c14-10-5-6-13(11(15)7-10)20(18,19)16-8-9-3-1-2-4-12(9)17/h5-7,9,12,16-17H,1-4,8H2. The van der Waals surface area contributed by atoms with Crippen molar-refractivity contribution in [2.24, 2.45) is 5.92 Å². The minimum atomic E-state index is -3.64. The number of nitrogens with one attached hydrogen (secondary N) is 1. The summed E-state index contributed by atoms with van der Waals surface area (Å²) in [7, 11) is -3.64. The first-order valence-corrected chi connectivity index (χ1v) is 9.18. The number of benzene rings is 1. The first-order valence-electron chi connectivity index (χ1n) is 6.53. The van der Waals surface area contributed by atoms with Gasteiger partial charge in [-0.3, -0.25) is 0 Å². The van der Waals surface area contributed by atoms with Crippen LogP contribution in [0.15, 0.2) is 27.6 Å². The molecule has 112 valence electrons.